The molecule has 26 heavy (non-hydrogen) atoms. The second-order valence-corrected chi connectivity index (χ2v) is 5.91. The molecule has 0 amide bonds. The van der Waals surface area contributed by atoms with Crippen molar-refractivity contribution in [1.82, 2.24) is 29.7 Å². The van der Waals surface area contributed by atoms with Gasteiger partial charge in [0.25, 0.3) is 5.78 Å². The van der Waals surface area contributed by atoms with Crippen molar-refractivity contribution in [3.05, 3.63) is 53.2 Å². The lowest BCUT2D eigenvalue weighted by Gasteiger charge is -2.08. The monoisotopic (exact) mass is 354 g/mol. The number of rotatable bonds is 4. The van der Waals surface area contributed by atoms with E-state index < -0.39 is 11.6 Å². The van der Waals surface area contributed by atoms with Crippen LogP contribution < -0.4 is 0 Å². The predicted molar refractivity (Wildman–Crippen MR) is 89.0 cm³/mol. The lowest BCUT2D eigenvalue weighted by molar-refractivity contribution is 0.378. The summed E-state index contributed by atoms with van der Waals surface area (Å²) >= 11 is 0. The summed E-state index contributed by atoms with van der Waals surface area (Å²) in [5.74, 6) is 0.132. The Morgan fingerprint density at radius 1 is 1.19 bits per heavy atom. The van der Waals surface area contributed by atoms with Crippen molar-refractivity contribution in [2.75, 3.05) is 0 Å². The number of aromatic hydroxyl groups is 1. The van der Waals surface area contributed by atoms with Gasteiger partial charge in [-0.2, -0.15) is 15.1 Å². The molecule has 0 bridgehead atoms. The van der Waals surface area contributed by atoms with E-state index in [1.54, 1.807) is 4.52 Å². The molecule has 8 nitrogen and oxygen atoms in total. The Bertz CT molecular complexity index is 1100. The summed E-state index contributed by atoms with van der Waals surface area (Å²) in [4.78, 5) is 12.8. The molecule has 3 aromatic heterocycles. The van der Waals surface area contributed by atoms with Gasteiger partial charge in [0, 0.05) is 23.4 Å². The zero-order valence-corrected chi connectivity index (χ0v) is 14.1. The van der Waals surface area contributed by atoms with Crippen molar-refractivity contribution >= 4 is 5.78 Å². The molecule has 4 rings (SSSR count). The van der Waals surface area contributed by atoms with Crippen molar-refractivity contribution < 1.29 is 14.0 Å². The van der Waals surface area contributed by atoms with Gasteiger partial charge in [-0.15, -0.1) is 0 Å². The maximum Gasteiger partial charge on any atom is 0.252 e. The molecule has 0 spiro atoms. The topological polar surface area (TPSA) is 102 Å². The molecule has 0 aliphatic rings. The molecule has 1 N–H and O–H groups in total. The van der Waals surface area contributed by atoms with Crippen LogP contribution in [0.15, 0.2) is 29.0 Å². The van der Waals surface area contributed by atoms with E-state index in [4.69, 9.17) is 4.52 Å². The van der Waals surface area contributed by atoms with E-state index in [1.807, 2.05) is 13.8 Å². The van der Waals surface area contributed by atoms with E-state index in [1.165, 1.54) is 24.5 Å². The van der Waals surface area contributed by atoms with Gasteiger partial charge in [0.15, 0.2) is 11.6 Å². The molecule has 0 fully saturated rings. The van der Waals surface area contributed by atoms with E-state index >= 15 is 0 Å². The first kappa shape index (κ1) is 16.1. The van der Waals surface area contributed by atoms with Crippen LogP contribution in [0.1, 0.15) is 22.8 Å². The number of phenolic OH excluding ortho intramolecular Hbond substituents is 1. The summed E-state index contributed by atoms with van der Waals surface area (Å²) in [7, 11) is 0. The first-order valence-corrected chi connectivity index (χ1v) is 8.00. The van der Waals surface area contributed by atoms with Crippen LogP contribution in [0.25, 0.3) is 17.2 Å². The summed E-state index contributed by atoms with van der Waals surface area (Å²) in [6.45, 7) is 3.89. The number of aromatic nitrogens is 6. The maximum atomic E-state index is 13.5. The molecule has 0 aliphatic heterocycles. The molecule has 0 saturated carbocycles. The van der Waals surface area contributed by atoms with Crippen molar-refractivity contribution in [2.45, 2.75) is 26.7 Å². The normalized spacial score (nSPS) is 11.3. The average Bonchev–Trinajstić information content (AvgIpc) is 3.26. The molecule has 0 atom stereocenters. The van der Waals surface area contributed by atoms with Gasteiger partial charge in [0.2, 0.25) is 11.7 Å². The quantitative estimate of drug-likeness (QED) is 0.600. The molecule has 0 unspecified atom stereocenters. The molecule has 132 valence electrons. The Morgan fingerprint density at radius 2 is 2.04 bits per heavy atom. The van der Waals surface area contributed by atoms with E-state index in [0.29, 0.717) is 30.1 Å². The number of hydrogen-bond acceptors (Lipinski definition) is 7. The average molecular weight is 354 g/mol. The van der Waals surface area contributed by atoms with Gasteiger partial charge in [-0.1, -0.05) is 5.16 Å². The van der Waals surface area contributed by atoms with E-state index in [9.17, 15) is 9.50 Å². The summed E-state index contributed by atoms with van der Waals surface area (Å²) in [5.41, 5.74) is 3.32. The number of hydrogen-bond donors (Lipinski definition) is 1. The molecule has 0 radical (unpaired) electrons. The van der Waals surface area contributed by atoms with Gasteiger partial charge in [0.1, 0.15) is 6.33 Å². The first-order chi connectivity index (χ1) is 12.5. The van der Waals surface area contributed by atoms with Crippen LogP contribution in [-0.2, 0) is 12.8 Å². The third-order valence-electron chi connectivity index (χ3n) is 4.25. The van der Waals surface area contributed by atoms with Gasteiger partial charge in [-0.05, 0) is 44.0 Å². The Balaban J connectivity index is 1.56. The number of halogens is 1. The Kier molecular flexibility index (Phi) is 3.83. The van der Waals surface area contributed by atoms with Gasteiger partial charge in [-0.25, -0.2) is 13.9 Å². The van der Waals surface area contributed by atoms with E-state index in [2.05, 4.69) is 25.2 Å². The van der Waals surface area contributed by atoms with Crippen molar-refractivity contribution in [3.8, 4) is 17.1 Å². The molecular formula is C17H15FN6O2. The van der Waals surface area contributed by atoms with Crippen LogP contribution in [0.3, 0.4) is 0 Å². The van der Waals surface area contributed by atoms with E-state index in [-0.39, 0.29) is 5.82 Å². The Labute approximate surface area is 147 Å². The summed E-state index contributed by atoms with van der Waals surface area (Å²) in [6.07, 6.45) is 2.63. The maximum absolute atomic E-state index is 13.5. The lowest BCUT2D eigenvalue weighted by atomic mass is 10.1. The number of benzene rings is 1. The molecule has 9 heteroatoms. The number of aryl methyl sites for hydroxylation is 3. The number of nitrogens with zero attached hydrogens (tertiary/aromatic N) is 6. The molecule has 0 aliphatic carbocycles. The SMILES string of the molecule is Cc1nc2ncnn2c(C)c1CCc1nc(-c2ccc(O)c(F)c2)no1. The minimum absolute atomic E-state index is 0.275. The largest absolute Gasteiger partial charge is 0.505 e. The molecule has 3 heterocycles. The van der Waals surface area contributed by atoms with Crippen LogP contribution in [0.5, 0.6) is 5.75 Å². The van der Waals surface area contributed by atoms with E-state index in [0.717, 1.165) is 17.0 Å². The zero-order valence-electron chi connectivity index (χ0n) is 14.1. The second kappa shape index (κ2) is 6.17. The van der Waals surface area contributed by atoms with Gasteiger partial charge in [-0.3, -0.25) is 0 Å². The molecular weight excluding hydrogens is 339 g/mol. The number of phenols is 1. The smallest absolute Gasteiger partial charge is 0.252 e. The third-order valence-corrected chi connectivity index (χ3v) is 4.25. The molecule has 4 aromatic rings. The number of fused-ring (bicyclic) bond motifs is 1. The summed E-state index contributed by atoms with van der Waals surface area (Å²) in [5, 5.41) is 17.3. The van der Waals surface area contributed by atoms with Crippen molar-refractivity contribution in [3.63, 3.8) is 0 Å². The minimum atomic E-state index is -0.729. The van der Waals surface area contributed by atoms with Gasteiger partial charge < -0.3 is 9.63 Å². The highest BCUT2D eigenvalue weighted by Gasteiger charge is 2.14. The fraction of sp³-hybridized carbons (Fsp3) is 0.235. The van der Waals surface area contributed by atoms with Crippen LogP contribution in [0, 0.1) is 19.7 Å². The van der Waals surface area contributed by atoms with Gasteiger partial charge in [0.05, 0.1) is 0 Å². The highest BCUT2D eigenvalue weighted by atomic mass is 19.1. The first-order valence-electron chi connectivity index (χ1n) is 8.00. The fourth-order valence-electron chi connectivity index (χ4n) is 2.87. The summed E-state index contributed by atoms with van der Waals surface area (Å²) < 4.78 is 20.4. The predicted octanol–water partition coefficient (Wildman–Crippen LogP) is 2.42. The van der Waals surface area contributed by atoms with Gasteiger partial charge >= 0.3 is 0 Å². The molecule has 0 saturated heterocycles. The standard InChI is InChI=1S/C17H15FN6O2/c1-9-12(10(2)24-17(21-9)19-8-20-24)4-6-15-22-16(23-26-15)11-3-5-14(25)13(18)7-11/h3,5,7-8,25H,4,6H2,1-2H3. The highest BCUT2D eigenvalue weighted by Crippen LogP contribution is 2.23. The molecule has 1 aromatic carbocycles. The summed E-state index contributed by atoms with van der Waals surface area (Å²) in [6, 6.07) is 3.96. The third kappa shape index (κ3) is 2.77. The Morgan fingerprint density at radius 3 is 2.85 bits per heavy atom. The second-order valence-electron chi connectivity index (χ2n) is 5.91. The fourth-order valence-corrected chi connectivity index (χ4v) is 2.87. The van der Waals surface area contributed by atoms with Crippen LogP contribution >= 0.6 is 0 Å². The minimum Gasteiger partial charge on any atom is -0.505 e. The van der Waals surface area contributed by atoms with Crippen LogP contribution in [0.4, 0.5) is 4.39 Å². The lowest BCUT2D eigenvalue weighted by Crippen LogP contribution is -2.07. The van der Waals surface area contributed by atoms with Crippen LogP contribution in [0.2, 0.25) is 0 Å². The zero-order chi connectivity index (χ0) is 18.3. The Hall–Kier alpha value is -3.36. The van der Waals surface area contributed by atoms with Crippen molar-refractivity contribution in [1.29, 1.82) is 0 Å². The van der Waals surface area contributed by atoms with Crippen molar-refractivity contribution in [2.24, 2.45) is 0 Å². The highest BCUT2D eigenvalue weighted by molar-refractivity contribution is 5.55. The van der Waals surface area contributed by atoms with Crippen LogP contribution in [-0.4, -0.2) is 34.8 Å².